The molecule has 0 aromatic rings. The minimum Gasteiger partial charge on any atom is -0.481 e. The molecule has 102 valence electrons. The van der Waals surface area contributed by atoms with Crippen LogP contribution in [0.5, 0.6) is 0 Å². The lowest BCUT2D eigenvalue weighted by Gasteiger charge is -2.34. The Hall–Kier alpha value is -1.63. The molecule has 1 fully saturated rings. The van der Waals surface area contributed by atoms with Crippen LogP contribution in [0, 0.1) is 0 Å². The lowest BCUT2D eigenvalue weighted by molar-refractivity contribution is -0.143. The molecular formula is C11H18N2O5. The molecular weight excluding hydrogens is 240 g/mol. The van der Waals surface area contributed by atoms with Gasteiger partial charge in [-0.15, -0.1) is 0 Å². The van der Waals surface area contributed by atoms with Crippen LogP contribution >= 0.6 is 0 Å². The number of carbonyl (C=O) groups is 3. The molecule has 0 aromatic heterocycles. The SMILES string of the molecule is COCC(=O)N1CCN(C(=O)CCC(=O)O)CC1. The van der Waals surface area contributed by atoms with Gasteiger partial charge in [0.2, 0.25) is 11.8 Å². The van der Waals surface area contributed by atoms with Gasteiger partial charge in [-0.1, -0.05) is 0 Å². The van der Waals surface area contributed by atoms with E-state index in [0.717, 1.165) is 0 Å². The minimum atomic E-state index is -0.975. The van der Waals surface area contributed by atoms with Crippen LogP contribution in [-0.4, -0.2) is 72.6 Å². The highest BCUT2D eigenvalue weighted by molar-refractivity contribution is 5.81. The Balaban J connectivity index is 2.32. The van der Waals surface area contributed by atoms with E-state index in [1.165, 1.54) is 7.11 Å². The number of piperazine rings is 1. The number of ether oxygens (including phenoxy) is 1. The van der Waals surface area contributed by atoms with Crippen molar-refractivity contribution in [2.24, 2.45) is 0 Å². The van der Waals surface area contributed by atoms with Gasteiger partial charge in [-0.05, 0) is 0 Å². The van der Waals surface area contributed by atoms with Crippen molar-refractivity contribution in [2.45, 2.75) is 12.8 Å². The van der Waals surface area contributed by atoms with E-state index in [0.29, 0.717) is 26.2 Å². The second kappa shape index (κ2) is 6.95. The second-order valence-electron chi connectivity index (χ2n) is 4.09. The molecule has 18 heavy (non-hydrogen) atoms. The molecule has 1 aliphatic heterocycles. The first-order valence-corrected chi connectivity index (χ1v) is 5.81. The third-order valence-electron chi connectivity index (χ3n) is 2.81. The van der Waals surface area contributed by atoms with Gasteiger partial charge in [0.05, 0.1) is 6.42 Å². The van der Waals surface area contributed by atoms with Gasteiger partial charge in [0, 0.05) is 39.7 Å². The molecule has 1 heterocycles. The summed E-state index contributed by atoms with van der Waals surface area (Å²) in [5, 5.41) is 8.50. The number of amides is 2. The van der Waals surface area contributed by atoms with Crippen molar-refractivity contribution in [3.05, 3.63) is 0 Å². The number of aliphatic carboxylic acids is 1. The summed E-state index contributed by atoms with van der Waals surface area (Å²) in [6, 6.07) is 0. The molecule has 0 aliphatic carbocycles. The maximum Gasteiger partial charge on any atom is 0.303 e. The highest BCUT2D eigenvalue weighted by Crippen LogP contribution is 2.05. The minimum absolute atomic E-state index is 0.0152. The summed E-state index contributed by atoms with van der Waals surface area (Å²) >= 11 is 0. The summed E-state index contributed by atoms with van der Waals surface area (Å²) < 4.78 is 4.76. The molecule has 0 atom stereocenters. The van der Waals surface area contributed by atoms with Crippen LogP contribution in [0.25, 0.3) is 0 Å². The molecule has 0 aromatic carbocycles. The smallest absolute Gasteiger partial charge is 0.303 e. The molecule has 0 bridgehead atoms. The normalized spacial score (nSPS) is 15.6. The molecule has 1 N–H and O–H groups in total. The van der Waals surface area contributed by atoms with Crippen LogP contribution in [0.1, 0.15) is 12.8 Å². The number of carboxylic acid groups (broad SMARTS) is 1. The van der Waals surface area contributed by atoms with E-state index >= 15 is 0 Å². The summed E-state index contributed by atoms with van der Waals surface area (Å²) in [6.07, 6.45) is -0.136. The Labute approximate surface area is 105 Å². The summed E-state index contributed by atoms with van der Waals surface area (Å²) in [6.45, 7) is 1.90. The third kappa shape index (κ3) is 4.33. The first-order valence-electron chi connectivity index (χ1n) is 5.81. The quantitative estimate of drug-likeness (QED) is 0.695. The van der Waals surface area contributed by atoms with Crippen molar-refractivity contribution < 1.29 is 24.2 Å². The van der Waals surface area contributed by atoms with E-state index in [9.17, 15) is 14.4 Å². The van der Waals surface area contributed by atoms with Crippen molar-refractivity contribution in [1.29, 1.82) is 0 Å². The highest BCUT2D eigenvalue weighted by Gasteiger charge is 2.23. The van der Waals surface area contributed by atoms with Crippen molar-refractivity contribution in [3.63, 3.8) is 0 Å². The van der Waals surface area contributed by atoms with E-state index in [1.54, 1.807) is 9.80 Å². The molecule has 2 amide bonds. The van der Waals surface area contributed by atoms with E-state index < -0.39 is 5.97 Å². The van der Waals surface area contributed by atoms with Gasteiger partial charge in [0.15, 0.2) is 0 Å². The van der Waals surface area contributed by atoms with Crippen molar-refractivity contribution >= 4 is 17.8 Å². The standard InChI is InChI=1S/C11H18N2O5/c1-18-8-10(15)13-6-4-12(5-7-13)9(14)2-3-11(16)17/h2-8H2,1H3,(H,16,17). The van der Waals surface area contributed by atoms with Crippen molar-refractivity contribution in [2.75, 3.05) is 39.9 Å². The van der Waals surface area contributed by atoms with Gasteiger partial charge >= 0.3 is 5.97 Å². The fourth-order valence-electron chi connectivity index (χ4n) is 1.79. The fourth-order valence-corrected chi connectivity index (χ4v) is 1.79. The van der Waals surface area contributed by atoms with Gasteiger partial charge in [-0.3, -0.25) is 14.4 Å². The van der Waals surface area contributed by atoms with E-state index in [-0.39, 0.29) is 31.3 Å². The maximum absolute atomic E-state index is 11.6. The zero-order chi connectivity index (χ0) is 13.5. The lowest BCUT2D eigenvalue weighted by Crippen LogP contribution is -2.51. The zero-order valence-electron chi connectivity index (χ0n) is 10.4. The first-order chi connectivity index (χ1) is 8.54. The van der Waals surface area contributed by atoms with Crippen LogP contribution in [0.3, 0.4) is 0 Å². The van der Waals surface area contributed by atoms with E-state index in [2.05, 4.69) is 0 Å². The topological polar surface area (TPSA) is 87.2 Å². The Morgan fingerprint density at radius 3 is 1.94 bits per heavy atom. The molecule has 1 saturated heterocycles. The number of carboxylic acids is 1. The number of methoxy groups -OCH3 is 1. The van der Waals surface area contributed by atoms with Gasteiger partial charge in [0.1, 0.15) is 6.61 Å². The third-order valence-corrected chi connectivity index (χ3v) is 2.81. The predicted molar refractivity (Wildman–Crippen MR) is 61.9 cm³/mol. The Bertz CT molecular complexity index is 323. The molecule has 7 nitrogen and oxygen atoms in total. The van der Waals surface area contributed by atoms with Gasteiger partial charge in [-0.25, -0.2) is 0 Å². The van der Waals surface area contributed by atoms with Crippen LogP contribution in [0.15, 0.2) is 0 Å². The highest BCUT2D eigenvalue weighted by atomic mass is 16.5. The molecule has 0 saturated carbocycles. The average Bonchev–Trinajstić information content (AvgIpc) is 2.36. The predicted octanol–water partition coefficient (Wildman–Crippen LogP) is -0.832. The van der Waals surface area contributed by atoms with Crippen LogP contribution in [-0.2, 0) is 19.1 Å². The monoisotopic (exact) mass is 258 g/mol. The number of hydrogen-bond donors (Lipinski definition) is 1. The van der Waals surface area contributed by atoms with Gasteiger partial charge < -0.3 is 19.6 Å². The number of hydrogen-bond acceptors (Lipinski definition) is 4. The number of rotatable bonds is 5. The summed E-state index contributed by atoms with van der Waals surface area (Å²) in [4.78, 5) is 36.8. The van der Waals surface area contributed by atoms with E-state index in [1.807, 2.05) is 0 Å². The van der Waals surface area contributed by atoms with Crippen LogP contribution in [0.2, 0.25) is 0 Å². The molecule has 1 aliphatic rings. The summed E-state index contributed by atoms with van der Waals surface area (Å²) in [5.41, 5.74) is 0. The fraction of sp³-hybridized carbons (Fsp3) is 0.727. The Kier molecular flexibility index (Phi) is 5.57. The average molecular weight is 258 g/mol. The van der Waals surface area contributed by atoms with E-state index in [4.69, 9.17) is 9.84 Å². The summed E-state index contributed by atoms with van der Waals surface area (Å²) in [5.74, 6) is -1.23. The molecule has 7 heteroatoms. The number of carbonyl (C=O) groups excluding carboxylic acids is 2. The summed E-state index contributed by atoms with van der Waals surface area (Å²) in [7, 11) is 1.46. The van der Waals surface area contributed by atoms with Crippen molar-refractivity contribution in [3.8, 4) is 0 Å². The second-order valence-corrected chi connectivity index (χ2v) is 4.09. The maximum atomic E-state index is 11.6. The van der Waals surface area contributed by atoms with Gasteiger partial charge in [-0.2, -0.15) is 0 Å². The Morgan fingerprint density at radius 2 is 1.50 bits per heavy atom. The van der Waals surface area contributed by atoms with Gasteiger partial charge in [0.25, 0.3) is 0 Å². The number of nitrogens with zero attached hydrogens (tertiary/aromatic N) is 2. The molecule has 0 spiro atoms. The first kappa shape index (κ1) is 14.4. The van der Waals surface area contributed by atoms with Crippen molar-refractivity contribution in [1.82, 2.24) is 9.80 Å². The largest absolute Gasteiger partial charge is 0.481 e. The zero-order valence-corrected chi connectivity index (χ0v) is 10.4. The molecule has 0 unspecified atom stereocenters. The van der Waals surface area contributed by atoms with Crippen LogP contribution in [0.4, 0.5) is 0 Å². The lowest BCUT2D eigenvalue weighted by atomic mass is 10.2. The Morgan fingerprint density at radius 1 is 1.00 bits per heavy atom. The van der Waals surface area contributed by atoms with Crippen LogP contribution < -0.4 is 0 Å². The molecule has 1 rings (SSSR count). The molecule has 0 radical (unpaired) electrons.